The maximum Gasteiger partial charge on any atom is 0.233 e. The summed E-state index contributed by atoms with van der Waals surface area (Å²) in [6, 6.07) is 16.0. The van der Waals surface area contributed by atoms with Gasteiger partial charge in [0.05, 0.1) is 5.92 Å². The van der Waals surface area contributed by atoms with Crippen LogP contribution in [-0.4, -0.2) is 16.1 Å². The molecule has 0 spiro atoms. The van der Waals surface area contributed by atoms with Crippen molar-refractivity contribution in [1.82, 2.24) is 10.2 Å². The second-order valence-corrected chi connectivity index (χ2v) is 9.91. The summed E-state index contributed by atoms with van der Waals surface area (Å²) in [7, 11) is 0. The predicted molar refractivity (Wildman–Crippen MR) is 123 cm³/mol. The first-order chi connectivity index (χ1) is 13.9. The molecule has 152 valence electrons. The summed E-state index contributed by atoms with van der Waals surface area (Å²) in [4.78, 5) is 12.6. The quantitative estimate of drug-likeness (QED) is 0.321. The van der Waals surface area contributed by atoms with Crippen LogP contribution in [-0.2, 0) is 17.0 Å². The SMILES string of the molecule is CC(C)Cc1ccc([C@@H](C)C(=O)Nc2nnc(SCc3ccccc3Cl)s2)cc1. The number of nitrogens with one attached hydrogen (secondary N) is 1. The smallest absolute Gasteiger partial charge is 0.233 e. The molecule has 3 rings (SSSR count). The Hall–Kier alpha value is -1.89. The highest BCUT2D eigenvalue weighted by Gasteiger charge is 2.17. The fourth-order valence-electron chi connectivity index (χ4n) is 2.85. The van der Waals surface area contributed by atoms with Crippen molar-refractivity contribution < 1.29 is 4.79 Å². The minimum absolute atomic E-state index is 0.0830. The van der Waals surface area contributed by atoms with Crippen LogP contribution in [0.3, 0.4) is 0 Å². The zero-order valence-electron chi connectivity index (χ0n) is 16.7. The third-order valence-corrected chi connectivity index (χ3v) is 6.85. The number of nitrogens with zero attached hydrogens (tertiary/aromatic N) is 2. The van der Waals surface area contributed by atoms with Crippen LogP contribution in [0.15, 0.2) is 52.9 Å². The molecule has 0 saturated carbocycles. The Bertz CT molecular complexity index is 957. The molecule has 1 amide bonds. The molecular formula is C22H24ClN3OS2. The minimum atomic E-state index is -0.258. The van der Waals surface area contributed by atoms with Gasteiger partial charge in [-0.2, -0.15) is 0 Å². The number of anilines is 1. The fraction of sp³-hybridized carbons (Fsp3) is 0.318. The number of amides is 1. The van der Waals surface area contributed by atoms with E-state index in [-0.39, 0.29) is 11.8 Å². The Morgan fingerprint density at radius 1 is 1.10 bits per heavy atom. The molecule has 0 unspecified atom stereocenters. The van der Waals surface area contributed by atoms with E-state index in [4.69, 9.17) is 11.6 Å². The summed E-state index contributed by atoms with van der Waals surface area (Å²) in [6.45, 7) is 6.31. The first-order valence-corrected chi connectivity index (χ1v) is 11.7. The highest BCUT2D eigenvalue weighted by molar-refractivity contribution is 8.00. The first-order valence-electron chi connectivity index (χ1n) is 9.51. The van der Waals surface area contributed by atoms with Crippen molar-refractivity contribution in [2.24, 2.45) is 5.92 Å². The van der Waals surface area contributed by atoms with Crippen LogP contribution in [0, 0.1) is 5.92 Å². The Kier molecular flexibility index (Phi) is 7.70. The minimum Gasteiger partial charge on any atom is -0.300 e. The maximum atomic E-state index is 12.6. The lowest BCUT2D eigenvalue weighted by molar-refractivity contribution is -0.117. The first kappa shape index (κ1) is 21.8. The summed E-state index contributed by atoms with van der Waals surface area (Å²) < 4.78 is 0.797. The number of hydrogen-bond donors (Lipinski definition) is 1. The average Bonchev–Trinajstić information content (AvgIpc) is 3.14. The number of rotatable bonds is 8. The maximum absolute atomic E-state index is 12.6. The Morgan fingerprint density at radius 2 is 1.83 bits per heavy atom. The van der Waals surface area contributed by atoms with Crippen molar-refractivity contribution >= 4 is 45.7 Å². The molecule has 0 aliphatic heterocycles. The number of carbonyl (C=O) groups is 1. The second kappa shape index (κ2) is 10.2. The Balaban J connectivity index is 1.56. The van der Waals surface area contributed by atoms with Gasteiger partial charge >= 0.3 is 0 Å². The molecular weight excluding hydrogens is 422 g/mol. The van der Waals surface area contributed by atoms with Crippen LogP contribution in [0.25, 0.3) is 0 Å². The zero-order valence-corrected chi connectivity index (χ0v) is 19.1. The van der Waals surface area contributed by atoms with E-state index < -0.39 is 0 Å². The van der Waals surface area contributed by atoms with Gasteiger partial charge in [0.25, 0.3) is 0 Å². The molecule has 1 heterocycles. The van der Waals surface area contributed by atoms with E-state index in [1.807, 2.05) is 43.3 Å². The molecule has 1 N–H and O–H groups in total. The van der Waals surface area contributed by atoms with Crippen LogP contribution in [0.4, 0.5) is 5.13 Å². The van der Waals surface area contributed by atoms with Gasteiger partial charge in [-0.05, 0) is 42.0 Å². The number of benzene rings is 2. The summed E-state index contributed by atoms with van der Waals surface area (Å²) in [5, 5.41) is 12.4. The molecule has 1 aromatic heterocycles. The molecule has 4 nitrogen and oxygen atoms in total. The zero-order chi connectivity index (χ0) is 20.8. The second-order valence-electron chi connectivity index (χ2n) is 7.30. The van der Waals surface area contributed by atoms with Gasteiger partial charge in [-0.3, -0.25) is 10.1 Å². The summed E-state index contributed by atoms with van der Waals surface area (Å²) in [5.41, 5.74) is 3.34. The van der Waals surface area contributed by atoms with E-state index in [9.17, 15) is 4.79 Å². The van der Waals surface area contributed by atoms with E-state index in [1.165, 1.54) is 16.9 Å². The van der Waals surface area contributed by atoms with Crippen LogP contribution in [0.1, 0.15) is 43.4 Å². The van der Waals surface area contributed by atoms with E-state index in [2.05, 4.69) is 41.5 Å². The predicted octanol–water partition coefficient (Wildman–Crippen LogP) is 6.42. The lowest BCUT2D eigenvalue weighted by atomic mass is 9.96. The molecule has 1 atom stereocenters. The van der Waals surface area contributed by atoms with Crippen molar-refractivity contribution in [2.75, 3.05) is 5.32 Å². The van der Waals surface area contributed by atoms with Gasteiger partial charge in [-0.1, -0.05) is 91.0 Å². The molecule has 0 aliphatic rings. The van der Waals surface area contributed by atoms with Gasteiger partial charge < -0.3 is 0 Å². The molecule has 0 fully saturated rings. The third kappa shape index (κ3) is 6.29. The van der Waals surface area contributed by atoms with E-state index in [1.54, 1.807) is 11.8 Å². The molecule has 29 heavy (non-hydrogen) atoms. The third-order valence-electron chi connectivity index (χ3n) is 4.46. The fourth-order valence-corrected chi connectivity index (χ4v) is 4.89. The molecule has 3 aromatic rings. The lowest BCUT2D eigenvalue weighted by Crippen LogP contribution is -2.18. The van der Waals surface area contributed by atoms with Crippen molar-refractivity contribution in [1.29, 1.82) is 0 Å². The van der Waals surface area contributed by atoms with Crippen molar-refractivity contribution in [2.45, 2.75) is 43.2 Å². The number of carbonyl (C=O) groups excluding carboxylic acids is 1. The number of thioether (sulfide) groups is 1. The average molecular weight is 446 g/mol. The molecule has 7 heteroatoms. The molecule has 0 aliphatic carbocycles. The normalized spacial score (nSPS) is 12.2. The molecule has 0 saturated heterocycles. The summed E-state index contributed by atoms with van der Waals surface area (Å²) >= 11 is 9.12. The van der Waals surface area contributed by atoms with Crippen molar-refractivity contribution in [3.63, 3.8) is 0 Å². The van der Waals surface area contributed by atoms with Gasteiger partial charge in [-0.25, -0.2) is 0 Å². The van der Waals surface area contributed by atoms with Gasteiger partial charge in [0.1, 0.15) is 0 Å². The van der Waals surface area contributed by atoms with Crippen molar-refractivity contribution in [3.8, 4) is 0 Å². The standard InChI is InChI=1S/C22H24ClN3OS2/c1-14(2)12-16-8-10-17(11-9-16)15(3)20(27)24-21-25-26-22(29-21)28-13-18-6-4-5-7-19(18)23/h4-11,14-15H,12-13H2,1-3H3,(H,24,25,27)/t15-/m1/s1. The number of halogens is 1. The summed E-state index contributed by atoms with van der Waals surface area (Å²) in [6.07, 6.45) is 1.04. The lowest BCUT2D eigenvalue weighted by Gasteiger charge is -2.12. The monoisotopic (exact) mass is 445 g/mol. The van der Waals surface area contributed by atoms with E-state index >= 15 is 0 Å². The van der Waals surface area contributed by atoms with Crippen LogP contribution in [0.5, 0.6) is 0 Å². The molecule has 0 radical (unpaired) electrons. The van der Waals surface area contributed by atoms with Crippen LogP contribution in [0.2, 0.25) is 5.02 Å². The van der Waals surface area contributed by atoms with Gasteiger partial charge in [-0.15, -0.1) is 10.2 Å². The van der Waals surface area contributed by atoms with E-state index in [0.29, 0.717) is 16.8 Å². The van der Waals surface area contributed by atoms with E-state index in [0.717, 1.165) is 26.9 Å². The van der Waals surface area contributed by atoms with Crippen LogP contribution >= 0.6 is 34.7 Å². The van der Waals surface area contributed by atoms with Gasteiger partial charge in [0.15, 0.2) is 4.34 Å². The largest absolute Gasteiger partial charge is 0.300 e. The molecule has 2 aromatic carbocycles. The Labute approximate surface area is 185 Å². The summed E-state index contributed by atoms with van der Waals surface area (Å²) in [5.74, 6) is 0.983. The number of aromatic nitrogens is 2. The highest BCUT2D eigenvalue weighted by Crippen LogP contribution is 2.31. The van der Waals surface area contributed by atoms with Gasteiger partial charge in [0.2, 0.25) is 11.0 Å². The van der Waals surface area contributed by atoms with Gasteiger partial charge in [0, 0.05) is 10.8 Å². The number of hydrogen-bond acceptors (Lipinski definition) is 5. The molecule has 0 bridgehead atoms. The van der Waals surface area contributed by atoms with Crippen molar-refractivity contribution in [3.05, 3.63) is 70.2 Å². The van der Waals surface area contributed by atoms with Crippen LogP contribution < -0.4 is 5.32 Å². The highest BCUT2D eigenvalue weighted by atomic mass is 35.5. The Morgan fingerprint density at radius 3 is 2.52 bits per heavy atom. The topological polar surface area (TPSA) is 54.9 Å².